The minimum atomic E-state index is -1.20. The zero-order valence-electron chi connectivity index (χ0n) is 10.2. The van der Waals surface area contributed by atoms with Crippen LogP contribution >= 0.6 is 31.9 Å². The SMILES string of the molecule is O=C(Nc1c(Br)cc(Br)cc1C(=O)O)c1ccnc(F)c1. The van der Waals surface area contributed by atoms with Crippen LogP contribution in [0, 0.1) is 5.95 Å². The standard InChI is InChI=1S/C13H7Br2FN2O3/c14-7-4-8(13(20)21)11(9(15)5-7)18-12(19)6-1-2-17-10(16)3-6/h1-5H,(H,18,19)(H,20,21). The van der Waals surface area contributed by atoms with E-state index in [2.05, 4.69) is 42.2 Å². The minimum absolute atomic E-state index is 0.0358. The number of carboxylic acids is 1. The van der Waals surface area contributed by atoms with Gasteiger partial charge in [0.15, 0.2) is 0 Å². The van der Waals surface area contributed by atoms with Gasteiger partial charge in [0.25, 0.3) is 5.91 Å². The van der Waals surface area contributed by atoms with Crippen LogP contribution in [-0.4, -0.2) is 22.0 Å². The molecular weight excluding hydrogens is 411 g/mol. The number of aromatic nitrogens is 1. The van der Waals surface area contributed by atoms with Gasteiger partial charge in [0.05, 0.1) is 11.3 Å². The van der Waals surface area contributed by atoms with Crippen LogP contribution in [0.15, 0.2) is 39.4 Å². The highest BCUT2D eigenvalue weighted by atomic mass is 79.9. The van der Waals surface area contributed by atoms with Crippen molar-refractivity contribution in [1.29, 1.82) is 0 Å². The third kappa shape index (κ3) is 3.64. The molecule has 108 valence electrons. The number of carboxylic acid groups (broad SMARTS) is 1. The smallest absolute Gasteiger partial charge is 0.337 e. The van der Waals surface area contributed by atoms with E-state index >= 15 is 0 Å². The quantitative estimate of drug-likeness (QED) is 0.746. The Morgan fingerprint density at radius 1 is 1.24 bits per heavy atom. The number of amides is 1. The van der Waals surface area contributed by atoms with Crippen molar-refractivity contribution in [3.8, 4) is 0 Å². The molecule has 1 aromatic carbocycles. The van der Waals surface area contributed by atoms with Gasteiger partial charge in [-0.3, -0.25) is 4.79 Å². The number of hydrogen-bond donors (Lipinski definition) is 2. The topological polar surface area (TPSA) is 79.3 Å². The Labute approximate surface area is 135 Å². The molecule has 21 heavy (non-hydrogen) atoms. The maximum Gasteiger partial charge on any atom is 0.337 e. The number of hydrogen-bond acceptors (Lipinski definition) is 3. The molecule has 1 aromatic heterocycles. The molecule has 8 heteroatoms. The Kier molecular flexibility index (Phi) is 4.69. The van der Waals surface area contributed by atoms with E-state index in [0.717, 1.165) is 12.3 Å². The third-order valence-electron chi connectivity index (χ3n) is 2.51. The van der Waals surface area contributed by atoms with Crippen LogP contribution in [0.4, 0.5) is 10.1 Å². The van der Waals surface area contributed by atoms with Crippen molar-refractivity contribution in [3.05, 3.63) is 56.5 Å². The van der Waals surface area contributed by atoms with Crippen LogP contribution in [0.3, 0.4) is 0 Å². The summed E-state index contributed by atoms with van der Waals surface area (Å²) in [6.07, 6.45) is 1.15. The first kappa shape index (κ1) is 15.6. The zero-order chi connectivity index (χ0) is 15.6. The summed E-state index contributed by atoms with van der Waals surface area (Å²) in [7, 11) is 0. The van der Waals surface area contributed by atoms with Crippen molar-refractivity contribution >= 4 is 49.4 Å². The summed E-state index contributed by atoms with van der Waals surface area (Å²) in [6, 6.07) is 5.24. The van der Waals surface area contributed by atoms with Crippen LogP contribution in [-0.2, 0) is 0 Å². The van der Waals surface area contributed by atoms with Crippen LogP contribution in [0.2, 0.25) is 0 Å². The molecule has 1 amide bonds. The molecule has 2 N–H and O–H groups in total. The first-order valence-electron chi connectivity index (χ1n) is 5.53. The fraction of sp³-hybridized carbons (Fsp3) is 0. The molecule has 0 aliphatic rings. The van der Waals surface area contributed by atoms with Gasteiger partial charge in [-0.15, -0.1) is 0 Å². The molecule has 0 saturated carbocycles. The number of aromatic carboxylic acids is 1. The number of nitrogens with one attached hydrogen (secondary N) is 1. The first-order valence-corrected chi connectivity index (χ1v) is 7.12. The molecule has 0 unspecified atom stereocenters. The van der Waals surface area contributed by atoms with Gasteiger partial charge in [-0.2, -0.15) is 4.39 Å². The minimum Gasteiger partial charge on any atom is -0.478 e. The molecule has 2 aromatic rings. The lowest BCUT2D eigenvalue weighted by atomic mass is 10.1. The van der Waals surface area contributed by atoms with E-state index in [-0.39, 0.29) is 16.8 Å². The van der Waals surface area contributed by atoms with E-state index in [1.165, 1.54) is 12.1 Å². The second kappa shape index (κ2) is 6.31. The number of nitrogens with zero attached hydrogens (tertiary/aromatic N) is 1. The summed E-state index contributed by atoms with van der Waals surface area (Å²) >= 11 is 6.36. The van der Waals surface area contributed by atoms with E-state index in [1.54, 1.807) is 6.07 Å². The molecule has 0 aliphatic heterocycles. The summed E-state index contributed by atoms with van der Waals surface area (Å²) in [5, 5.41) is 11.6. The summed E-state index contributed by atoms with van der Waals surface area (Å²) in [6.45, 7) is 0. The Morgan fingerprint density at radius 3 is 2.57 bits per heavy atom. The molecule has 0 radical (unpaired) electrons. The first-order chi connectivity index (χ1) is 9.88. The lowest BCUT2D eigenvalue weighted by Crippen LogP contribution is -2.15. The number of benzene rings is 1. The van der Waals surface area contributed by atoms with Gasteiger partial charge >= 0.3 is 5.97 Å². The molecular formula is C13H7Br2FN2O3. The Hall–Kier alpha value is -1.80. The van der Waals surface area contributed by atoms with Crippen molar-refractivity contribution in [3.63, 3.8) is 0 Å². The fourth-order valence-corrected chi connectivity index (χ4v) is 2.92. The predicted molar refractivity (Wildman–Crippen MR) is 80.9 cm³/mol. The summed E-state index contributed by atoms with van der Waals surface area (Å²) in [5.74, 6) is -2.63. The zero-order valence-corrected chi connectivity index (χ0v) is 13.4. The normalized spacial score (nSPS) is 10.2. The van der Waals surface area contributed by atoms with Crippen molar-refractivity contribution in [1.82, 2.24) is 4.98 Å². The van der Waals surface area contributed by atoms with E-state index in [1.807, 2.05) is 0 Å². The maximum atomic E-state index is 13.0. The average Bonchev–Trinajstić information content (AvgIpc) is 2.41. The molecule has 0 atom stereocenters. The van der Waals surface area contributed by atoms with Crippen LogP contribution in [0.1, 0.15) is 20.7 Å². The van der Waals surface area contributed by atoms with Crippen molar-refractivity contribution in [2.24, 2.45) is 0 Å². The molecule has 0 aliphatic carbocycles. The molecule has 0 saturated heterocycles. The largest absolute Gasteiger partial charge is 0.478 e. The number of pyridine rings is 1. The van der Waals surface area contributed by atoms with Gasteiger partial charge in [-0.25, -0.2) is 9.78 Å². The molecule has 5 nitrogen and oxygen atoms in total. The second-order valence-corrected chi connectivity index (χ2v) is 5.71. The predicted octanol–water partition coefficient (Wildman–Crippen LogP) is 3.70. The summed E-state index contributed by atoms with van der Waals surface area (Å²) in [4.78, 5) is 26.6. The second-order valence-electron chi connectivity index (χ2n) is 3.94. The molecule has 0 spiro atoms. The van der Waals surface area contributed by atoms with Crippen LogP contribution in [0.25, 0.3) is 0 Å². The van der Waals surface area contributed by atoms with Crippen LogP contribution < -0.4 is 5.32 Å². The Morgan fingerprint density at radius 2 is 1.95 bits per heavy atom. The molecule has 2 rings (SSSR count). The lowest BCUT2D eigenvalue weighted by molar-refractivity contribution is 0.0698. The Bertz CT molecular complexity index is 737. The van der Waals surface area contributed by atoms with Gasteiger partial charge in [0.1, 0.15) is 0 Å². The van der Waals surface area contributed by atoms with E-state index in [4.69, 9.17) is 0 Å². The van der Waals surface area contributed by atoms with Gasteiger partial charge in [0.2, 0.25) is 5.95 Å². The number of anilines is 1. The van der Waals surface area contributed by atoms with Crippen molar-refractivity contribution < 1.29 is 19.1 Å². The van der Waals surface area contributed by atoms with Gasteiger partial charge < -0.3 is 10.4 Å². The average molecular weight is 418 g/mol. The summed E-state index contributed by atoms with van der Waals surface area (Å²) in [5.41, 5.74) is 0.0284. The number of rotatable bonds is 3. The van der Waals surface area contributed by atoms with Gasteiger partial charge in [-0.05, 0) is 34.1 Å². The van der Waals surface area contributed by atoms with E-state index in [0.29, 0.717) is 8.95 Å². The number of halogens is 3. The van der Waals surface area contributed by atoms with E-state index in [9.17, 15) is 19.1 Å². The van der Waals surface area contributed by atoms with Gasteiger partial charge in [-0.1, -0.05) is 15.9 Å². The highest BCUT2D eigenvalue weighted by Gasteiger charge is 2.18. The van der Waals surface area contributed by atoms with Gasteiger partial charge in [0, 0.05) is 26.8 Å². The van der Waals surface area contributed by atoms with Crippen molar-refractivity contribution in [2.75, 3.05) is 5.32 Å². The Balaban J connectivity index is 2.39. The number of carbonyl (C=O) groups excluding carboxylic acids is 1. The fourth-order valence-electron chi connectivity index (χ4n) is 1.60. The lowest BCUT2D eigenvalue weighted by Gasteiger charge is -2.11. The van der Waals surface area contributed by atoms with Crippen molar-refractivity contribution in [2.45, 2.75) is 0 Å². The third-order valence-corrected chi connectivity index (χ3v) is 3.60. The molecule has 1 heterocycles. The maximum absolute atomic E-state index is 13.0. The highest BCUT2D eigenvalue weighted by molar-refractivity contribution is 9.11. The van der Waals surface area contributed by atoms with Crippen LogP contribution in [0.5, 0.6) is 0 Å². The molecule has 0 bridgehead atoms. The van der Waals surface area contributed by atoms with E-state index < -0.39 is 17.8 Å². The summed E-state index contributed by atoms with van der Waals surface area (Å²) < 4.78 is 13.9. The molecule has 0 fully saturated rings. The number of carbonyl (C=O) groups is 2. The highest BCUT2D eigenvalue weighted by Crippen LogP contribution is 2.31. The monoisotopic (exact) mass is 416 g/mol.